The highest BCUT2D eigenvalue weighted by molar-refractivity contribution is 5.80. The summed E-state index contributed by atoms with van der Waals surface area (Å²) in [4.78, 5) is 28.4. The van der Waals surface area contributed by atoms with E-state index in [2.05, 4.69) is 0 Å². The zero-order valence-corrected chi connectivity index (χ0v) is 15.4. The summed E-state index contributed by atoms with van der Waals surface area (Å²) in [6.45, 7) is 5.80. The summed E-state index contributed by atoms with van der Waals surface area (Å²) in [5.74, 6) is -0.873. The number of nitrogens with zero attached hydrogens (tertiary/aromatic N) is 2. The number of halogens is 1. The van der Waals surface area contributed by atoms with Gasteiger partial charge in [0, 0.05) is 19.6 Å². The van der Waals surface area contributed by atoms with E-state index in [4.69, 9.17) is 0 Å². The normalized spacial score (nSPS) is 26.5. The number of carbonyl (C=O) groups excluding carboxylic acids is 1. The van der Waals surface area contributed by atoms with Crippen LogP contribution in [0.1, 0.15) is 44.7 Å². The smallest absolute Gasteiger partial charge is 0.311 e. The van der Waals surface area contributed by atoms with Gasteiger partial charge >= 0.3 is 5.97 Å². The highest BCUT2D eigenvalue weighted by Gasteiger charge is 2.54. The van der Waals surface area contributed by atoms with Gasteiger partial charge in [-0.15, -0.1) is 0 Å². The van der Waals surface area contributed by atoms with Crippen molar-refractivity contribution in [3.8, 4) is 0 Å². The molecule has 6 heteroatoms. The maximum absolute atomic E-state index is 13.1. The number of likely N-dealkylation sites (tertiary alicyclic amines) is 1. The molecule has 1 aromatic rings. The number of rotatable bonds is 6. The minimum atomic E-state index is -0.720. The highest BCUT2D eigenvalue weighted by atomic mass is 19.1. The Morgan fingerprint density at radius 2 is 2.08 bits per heavy atom. The molecule has 5 nitrogen and oxygen atoms in total. The molecular weight excluding hydrogens is 335 g/mol. The number of hydrogen-bond donors (Lipinski definition) is 1. The molecule has 26 heavy (non-hydrogen) atoms. The first kappa shape index (κ1) is 18.8. The van der Waals surface area contributed by atoms with Gasteiger partial charge in [-0.25, -0.2) is 4.39 Å². The summed E-state index contributed by atoms with van der Waals surface area (Å²) >= 11 is 0. The molecule has 0 aromatic heterocycles. The van der Waals surface area contributed by atoms with Crippen LogP contribution in [0, 0.1) is 17.2 Å². The predicted octanol–water partition coefficient (Wildman–Crippen LogP) is 2.92. The Bertz CT molecular complexity index is 678. The van der Waals surface area contributed by atoms with E-state index >= 15 is 0 Å². The summed E-state index contributed by atoms with van der Waals surface area (Å²) in [5.41, 5.74) is 0.224. The molecule has 3 rings (SSSR count). The SMILES string of the molecule is CCN(C(=O)CN1C[C@@H]2CCC[C@@]2(C(=O)O)C1)C(C)c1ccc(F)cc1. The van der Waals surface area contributed by atoms with Crippen molar-refractivity contribution in [1.29, 1.82) is 0 Å². The fraction of sp³-hybridized carbons (Fsp3) is 0.600. The van der Waals surface area contributed by atoms with Crippen LogP contribution in [0.25, 0.3) is 0 Å². The van der Waals surface area contributed by atoms with Crippen LogP contribution in [0.4, 0.5) is 4.39 Å². The van der Waals surface area contributed by atoms with Crippen molar-refractivity contribution < 1.29 is 19.1 Å². The summed E-state index contributed by atoms with van der Waals surface area (Å²) in [5, 5.41) is 9.69. The Hall–Kier alpha value is -1.95. The van der Waals surface area contributed by atoms with Crippen LogP contribution in [-0.4, -0.2) is 53.0 Å². The minimum absolute atomic E-state index is 0.00941. The zero-order valence-electron chi connectivity index (χ0n) is 15.4. The molecular formula is C20H27FN2O3. The largest absolute Gasteiger partial charge is 0.481 e. The number of likely N-dealkylation sites (N-methyl/N-ethyl adjacent to an activating group) is 1. The maximum atomic E-state index is 13.1. The number of hydrogen-bond acceptors (Lipinski definition) is 3. The summed E-state index contributed by atoms with van der Waals surface area (Å²) in [6.07, 6.45) is 2.60. The molecule has 0 spiro atoms. The second kappa shape index (κ2) is 7.35. The number of aliphatic carboxylic acids is 1. The number of carboxylic acid groups (broad SMARTS) is 1. The first-order valence-corrected chi connectivity index (χ1v) is 9.38. The van der Waals surface area contributed by atoms with Gasteiger partial charge in [-0.3, -0.25) is 14.5 Å². The molecule has 1 aliphatic heterocycles. The molecule has 0 radical (unpaired) electrons. The topological polar surface area (TPSA) is 60.9 Å². The number of fused-ring (bicyclic) bond motifs is 1. The molecule has 3 atom stereocenters. The van der Waals surface area contributed by atoms with Crippen LogP contribution in [0.3, 0.4) is 0 Å². The Morgan fingerprint density at radius 3 is 2.65 bits per heavy atom. The zero-order chi connectivity index (χ0) is 18.9. The van der Waals surface area contributed by atoms with Crippen molar-refractivity contribution in [3.63, 3.8) is 0 Å². The van der Waals surface area contributed by atoms with Crippen molar-refractivity contribution in [2.24, 2.45) is 11.3 Å². The minimum Gasteiger partial charge on any atom is -0.481 e. The van der Waals surface area contributed by atoms with Crippen LogP contribution >= 0.6 is 0 Å². The van der Waals surface area contributed by atoms with Gasteiger partial charge < -0.3 is 10.0 Å². The van der Waals surface area contributed by atoms with Gasteiger partial charge in [0.1, 0.15) is 5.82 Å². The molecule has 0 bridgehead atoms. The fourth-order valence-corrected chi connectivity index (χ4v) is 4.73. The number of benzene rings is 1. The van der Waals surface area contributed by atoms with Crippen LogP contribution in [0.2, 0.25) is 0 Å². The van der Waals surface area contributed by atoms with Crippen molar-refractivity contribution in [2.75, 3.05) is 26.2 Å². The van der Waals surface area contributed by atoms with Crippen LogP contribution < -0.4 is 0 Å². The molecule has 142 valence electrons. The average molecular weight is 362 g/mol. The van der Waals surface area contributed by atoms with Crippen LogP contribution in [0.5, 0.6) is 0 Å². The monoisotopic (exact) mass is 362 g/mol. The Kier molecular flexibility index (Phi) is 5.32. The predicted molar refractivity (Wildman–Crippen MR) is 96.1 cm³/mol. The van der Waals surface area contributed by atoms with E-state index < -0.39 is 11.4 Å². The molecule has 1 unspecified atom stereocenters. The van der Waals surface area contributed by atoms with E-state index in [9.17, 15) is 19.1 Å². The molecule has 2 aliphatic rings. The van der Waals surface area contributed by atoms with E-state index in [0.717, 1.165) is 18.4 Å². The van der Waals surface area contributed by atoms with Crippen LogP contribution in [-0.2, 0) is 9.59 Å². The Morgan fingerprint density at radius 1 is 1.38 bits per heavy atom. The van der Waals surface area contributed by atoms with Gasteiger partial charge in [-0.05, 0) is 50.3 Å². The molecule has 2 fully saturated rings. The van der Waals surface area contributed by atoms with E-state index in [1.54, 1.807) is 17.0 Å². The standard InChI is InChI=1S/C20H27FN2O3/c1-3-23(14(2)15-6-8-17(21)9-7-15)18(24)12-22-11-16-5-4-10-20(16,13-22)19(25)26/h6-9,14,16H,3-5,10-13H2,1-2H3,(H,25,26)/t14?,16-,20+/m0/s1. The summed E-state index contributed by atoms with van der Waals surface area (Å²) in [6, 6.07) is 6.07. The lowest BCUT2D eigenvalue weighted by Gasteiger charge is -2.30. The second-order valence-corrected chi connectivity index (χ2v) is 7.63. The van der Waals surface area contributed by atoms with Gasteiger partial charge in [0.2, 0.25) is 5.91 Å². The molecule has 1 aliphatic carbocycles. The third-order valence-corrected chi connectivity index (χ3v) is 6.21. The van der Waals surface area contributed by atoms with Gasteiger partial charge in [0.25, 0.3) is 0 Å². The Balaban J connectivity index is 1.66. The van der Waals surface area contributed by atoms with E-state index in [1.807, 2.05) is 18.7 Å². The summed E-state index contributed by atoms with van der Waals surface area (Å²) < 4.78 is 13.1. The van der Waals surface area contributed by atoms with Gasteiger partial charge in [0.15, 0.2) is 0 Å². The lowest BCUT2D eigenvalue weighted by Crippen LogP contribution is -2.42. The van der Waals surface area contributed by atoms with Crippen molar-refractivity contribution in [2.45, 2.75) is 39.2 Å². The average Bonchev–Trinajstić information content (AvgIpc) is 3.14. The molecule has 1 heterocycles. The molecule has 1 saturated heterocycles. The second-order valence-electron chi connectivity index (χ2n) is 7.63. The van der Waals surface area contributed by atoms with Gasteiger partial charge in [-0.2, -0.15) is 0 Å². The maximum Gasteiger partial charge on any atom is 0.311 e. The highest BCUT2D eigenvalue weighted by Crippen LogP contribution is 2.48. The number of carbonyl (C=O) groups is 2. The number of amides is 1. The van der Waals surface area contributed by atoms with Crippen LogP contribution in [0.15, 0.2) is 24.3 Å². The third kappa shape index (κ3) is 3.34. The van der Waals surface area contributed by atoms with Crippen molar-refractivity contribution in [1.82, 2.24) is 9.80 Å². The van der Waals surface area contributed by atoms with Gasteiger partial charge in [-0.1, -0.05) is 18.6 Å². The van der Waals surface area contributed by atoms with E-state index in [0.29, 0.717) is 26.1 Å². The van der Waals surface area contributed by atoms with Crippen molar-refractivity contribution in [3.05, 3.63) is 35.6 Å². The quantitative estimate of drug-likeness (QED) is 0.845. The molecule has 1 N–H and O–H groups in total. The first-order valence-electron chi connectivity index (χ1n) is 9.38. The molecule has 1 amide bonds. The van der Waals surface area contributed by atoms with E-state index in [-0.39, 0.29) is 30.2 Å². The number of carboxylic acids is 1. The first-order chi connectivity index (χ1) is 12.4. The third-order valence-electron chi connectivity index (χ3n) is 6.21. The Labute approximate surface area is 153 Å². The lowest BCUT2D eigenvalue weighted by molar-refractivity contribution is -0.149. The molecule has 1 aromatic carbocycles. The molecule has 1 saturated carbocycles. The van der Waals surface area contributed by atoms with Crippen molar-refractivity contribution >= 4 is 11.9 Å². The lowest BCUT2D eigenvalue weighted by atomic mass is 9.81. The van der Waals surface area contributed by atoms with E-state index in [1.165, 1.54) is 12.1 Å². The summed E-state index contributed by atoms with van der Waals surface area (Å²) in [7, 11) is 0. The van der Waals surface area contributed by atoms with Gasteiger partial charge in [0.05, 0.1) is 18.0 Å². The fourth-order valence-electron chi connectivity index (χ4n) is 4.73.